The highest BCUT2D eigenvalue weighted by atomic mass is 16.3. The molecule has 154 valence electrons. The van der Waals surface area contributed by atoms with E-state index < -0.39 is 0 Å². The summed E-state index contributed by atoms with van der Waals surface area (Å²) in [5.74, 6) is -0.0126. The molecule has 30 heavy (non-hydrogen) atoms. The summed E-state index contributed by atoms with van der Waals surface area (Å²) >= 11 is 0. The number of carbonyl (C=O) groups excluding carboxylic acids is 1. The van der Waals surface area contributed by atoms with Gasteiger partial charge < -0.3 is 10.0 Å². The Morgan fingerprint density at radius 1 is 1.07 bits per heavy atom. The number of para-hydroxylation sites is 2. The zero-order valence-corrected chi connectivity index (χ0v) is 17.4. The maximum Gasteiger partial charge on any atom is 0.214 e. The summed E-state index contributed by atoms with van der Waals surface area (Å²) in [4.78, 5) is 22.3. The van der Waals surface area contributed by atoms with Gasteiger partial charge in [0, 0.05) is 30.1 Å². The molecule has 1 aromatic heterocycles. The third kappa shape index (κ3) is 3.04. The number of aromatic nitrogens is 1. The number of aromatic hydroxyl groups is 1. The highest BCUT2D eigenvalue weighted by Crippen LogP contribution is 2.37. The van der Waals surface area contributed by atoms with E-state index in [9.17, 15) is 9.90 Å². The maximum absolute atomic E-state index is 13.0. The van der Waals surface area contributed by atoms with Crippen LogP contribution in [0.4, 0.5) is 5.69 Å². The van der Waals surface area contributed by atoms with Crippen LogP contribution in [0.25, 0.3) is 10.9 Å². The molecule has 6 heteroatoms. The number of aliphatic imine (C=N–C) groups is 1. The lowest BCUT2D eigenvalue weighted by Gasteiger charge is -2.35. The SMILES string of the molecule is CN(C)C1CCN(Cn2c(O)c(C3=Nc4ccccc4C3=O)c3ccccc32)CC1. The molecule has 0 radical (unpaired) electrons. The van der Waals surface area contributed by atoms with Gasteiger partial charge in [0.2, 0.25) is 11.7 Å². The predicted octanol–water partition coefficient (Wildman–Crippen LogP) is 3.65. The molecule has 1 saturated heterocycles. The monoisotopic (exact) mass is 402 g/mol. The molecule has 1 N–H and O–H groups in total. The van der Waals surface area contributed by atoms with E-state index in [-0.39, 0.29) is 11.7 Å². The Labute approximate surface area is 176 Å². The second-order valence-corrected chi connectivity index (χ2v) is 8.40. The number of benzene rings is 2. The Hall–Kier alpha value is -2.96. The summed E-state index contributed by atoms with van der Waals surface area (Å²) < 4.78 is 1.92. The second kappa shape index (κ2) is 7.38. The fourth-order valence-corrected chi connectivity index (χ4v) is 4.68. The van der Waals surface area contributed by atoms with Crippen LogP contribution in [-0.4, -0.2) is 64.2 Å². The molecule has 0 aliphatic carbocycles. The maximum atomic E-state index is 13.0. The van der Waals surface area contributed by atoms with E-state index in [0.29, 0.717) is 35.2 Å². The number of hydrogen-bond acceptors (Lipinski definition) is 5. The molecule has 0 atom stereocenters. The van der Waals surface area contributed by atoms with E-state index in [0.717, 1.165) is 36.8 Å². The van der Waals surface area contributed by atoms with E-state index in [1.54, 1.807) is 6.07 Å². The Kier molecular flexibility index (Phi) is 4.68. The molecule has 0 spiro atoms. The normalized spacial score (nSPS) is 17.7. The van der Waals surface area contributed by atoms with Crippen molar-refractivity contribution in [1.82, 2.24) is 14.4 Å². The Bertz CT molecular complexity index is 1150. The fourth-order valence-electron chi connectivity index (χ4n) is 4.68. The van der Waals surface area contributed by atoms with Crippen molar-refractivity contribution < 1.29 is 9.90 Å². The summed E-state index contributed by atoms with van der Waals surface area (Å²) in [6.45, 7) is 2.56. The number of nitrogens with zero attached hydrogens (tertiary/aromatic N) is 4. The van der Waals surface area contributed by atoms with Crippen LogP contribution in [0.1, 0.15) is 28.8 Å². The minimum atomic E-state index is -0.129. The van der Waals surface area contributed by atoms with Crippen LogP contribution in [0.3, 0.4) is 0 Å². The highest BCUT2D eigenvalue weighted by Gasteiger charge is 2.32. The Morgan fingerprint density at radius 2 is 1.77 bits per heavy atom. The first-order valence-corrected chi connectivity index (χ1v) is 10.5. The van der Waals surface area contributed by atoms with Gasteiger partial charge >= 0.3 is 0 Å². The van der Waals surface area contributed by atoms with Gasteiger partial charge in [0.05, 0.1) is 23.4 Å². The van der Waals surface area contributed by atoms with Gasteiger partial charge in [-0.15, -0.1) is 0 Å². The lowest BCUT2D eigenvalue weighted by atomic mass is 10.0. The second-order valence-electron chi connectivity index (χ2n) is 8.40. The van der Waals surface area contributed by atoms with E-state index in [1.807, 2.05) is 47.0 Å². The largest absolute Gasteiger partial charge is 0.494 e. The van der Waals surface area contributed by atoms with Crippen LogP contribution in [-0.2, 0) is 6.67 Å². The van der Waals surface area contributed by atoms with Crippen molar-refractivity contribution >= 4 is 28.1 Å². The molecule has 6 nitrogen and oxygen atoms in total. The molecule has 0 unspecified atom stereocenters. The van der Waals surface area contributed by atoms with E-state index in [4.69, 9.17) is 0 Å². The number of likely N-dealkylation sites (tertiary alicyclic amines) is 1. The van der Waals surface area contributed by atoms with Crippen LogP contribution in [0, 0.1) is 0 Å². The Balaban J connectivity index is 1.52. The molecule has 3 aromatic rings. The van der Waals surface area contributed by atoms with Crippen molar-refractivity contribution in [1.29, 1.82) is 0 Å². The minimum absolute atomic E-state index is 0.117. The number of fused-ring (bicyclic) bond motifs is 2. The third-order valence-electron chi connectivity index (χ3n) is 6.41. The van der Waals surface area contributed by atoms with Crippen LogP contribution in [0.5, 0.6) is 5.88 Å². The van der Waals surface area contributed by atoms with Crippen LogP contribution < -0.4 is 0 Å². The minimum Gasteiger partial charge on any atom is -0.494 e. The van der Waals surface area contributed by atoms with Crippen LogP contribution >= 0.6 is 0 Å². The topological polar surface area (TPSA) is 61.1 Å². The van der Waals surface area contributed by atoms with Crippen LogP contribution in [0.15, 0.2) is 53.5 Å². The zero-order chi connectivity index (χ0) is 20.8. The molecule has 0 amide bonds. The number of piperidine rings is 1. The van der Waals surface area contributed by atoms with Gasteiger partial charge in [-0.25, -0.2) is 4.99 Å². The summed E-state index contributed by atoms with van der Waals surface area (Å²) in [5.41, 5.74) is 3.05. The summed E-state index contributed by atoms with van der Waals surface area (Å²) in [6, 6.07) is 15.8. The first kappa shape index (κ1) is 19.0. The molecule has 2 aliphatic rings. The first-order valence-electron chi connectivity index (χ1n) is 10.5. The van der Waals surface area contributed by atoms with Gasteiger partial charge in [0.15, 0.2) is 0 Å². The molecule has 0 saturated carbocycles. The van der Waals surface area contributed by atoms with Gasteiger partial charge in [0.25, 0.3) is 0 Å². The fraction of sp³-hybridized carbons (Fsp3) is 0.333. The number of rotatable bonds is 4. The third-order valence-corrected chi connectivity index (χ3v) is 6.41. The molecule has 2 aromatic carbocycles. The first-order chi connectivity index (χ1) is 14.5. The lowest BCUT2D eigenvalue weighted by molar-refractivity contribution is 0.106. The summed E-state index contributed by atoms with van der Waals surface area (Å²) in [5, 5.41) is 12.1. The van der Waals surface area contributed by atoms with Crippen molar-refractivity contribution in [2.45, 2.75) is 25.6 Å². The molecule has 1 fully saturated rings. The van der Waals surface area contributed by atoms with E-state index in [2.05, 4.69) is 28.9 Å². The summed E-state index contributed by atoms with van der Waals surface area (Å²) in [7, 11) is 4.27. The number of ketones is 1. The van der Waals surface area contributed by atoms with Crippen molar-refractivity contribution in [3.05, 3.63) is 59.7 Å². The van der Waals surface area contributed by atoms with Gasteiger partial charge in [-0.2, -0.15) is 0 Å². The van der Waals surface area contributed by atoms with E-state index >= 15 is 0 Å². The molecular weight excluding hydrogens is 376 g/mol. The van der Waals surface area contributed by atoms with Crippen molar-refractivity contribution in [3.8, 4) is 5.88 Å². The number of hydrogen-bond donors (Lipinski definition) is 1. The molecule has 0 bridgehead atoms. The smallest absolute Gasteiger partial charge is 0.214 e. The van der Waals surface area contributed by atoms with Gasteiger partial charge in [0.1, 0.15) is 5.71 Å². The van der Waals surface area contributed by atoms with Crippen molar-refractivity contribution in [3.63, 3.8) is 0 Å². The highest BCUT2D eigenvalue weighted by molar-refractivity contribution is 6.56. The van der Waals surface area contributed by atoms with Gasteiger partial charge in [-0.1, -0.05) is 30.3 Å². The zero-order valence-electron chi connectivity index (χ0n) is 17.4. The molecular formula is C24H26N4O2. The van der Waals surface area contributed by atoms with Gasteiger partial charge in [-0.05, 0) is 45.1 Å². The Morgan fingerprint density at radius 3 is 2.50 bits per heavy atom. The summed E-state index contributed by atoms with van der Waals surface area (Å²) in [6.07, 6.45) is 2.22. The van der Waals surface area contributed by atoms with Crippen LogP contribution in [0.2, 0.25) is 0 Å². The average Bonchev–Trinajstić information content (AvgIpc) is 3.23. The number of Topliss-reactive ketones (excluding diaryl/α,β-unsaturated/α-hetero) is 1. The molecule has 2 aliphatic heterocycles. The van der Waals surface area contributed by atoms with E-state index in [1.165, 1.54) is 0 Å². The standard InChI is InChI=1S/C24H26N4O2/c1-26(2)16-11-13-27(14-12-16)15-28-20-10-6-4-8-18(20)21(24(28)30)22-23(29)17-7-3-5-9-19(17)25-22/h3-10,16,30H,11-15H2,1-2H3. The van der Waals surface area contributed by atoms with Gasteiger partial charge in [-0.3, -0.25) is 14.3 Å². The molecule has 5 rings (SSSR count). The quantitative estimate of drug-likeness (QED) is 0.724. The number of carbonyl (C=O) groups is 1. The predicted molar refractivity (Wildman–Crippen MR) is 119 cm³/mol. The molecule has 3 heterocycles. The van der Waals surface area contributed by atoms with Crippen molar-refractivity contribution in [2.75, 3.05) is 27.2 Å². The average molecular weight is 402 g/mol. The van der Waals surface area contributed by atoms with Crippen molar-refractivity contribution in [2.24, 2.45) is 4.99 Å². The lowest BCUT2D eigenvalue weighted by Crippen LogP contribution is -2.42.